The van der Waals surface area contributed by atoms with Crippen molar-refractivity contribution < 1.29 is 0 Å². The van der Waals surface area contributed by atoms with E-state index in [4.69, 9.17) is 0 Å². The number of hydrogen-bond acceptors (Lipinski definition) is 0. The van der Waals surface area contributed by atoms with Gasteiger partial charge in [0.25, 0.3) is 0 Å². The van der Waals surface area contributed by atoms with E-state index < -0.39 is 0 Å². The third-order valence-electron chi connectivity index (χ3n) is 0.730. The lowest BCUT2D eigenvalue weighted by molar-refractivity contribution is 1.22. The van der Waals surface area contributed by atoms with Crippen LogP contribution in [0.5, 0.6) is 0 Å². The minimum Gasteiger partial charge on any atom is -0.0991 e. The molecule has 0 heterocycles. The van der Waals surface area contributed by atoms with E-state index in [2.05, 4.69) is 19.6 Å². The van der Waals surface area contributed by atoms with Crippen LogP contribution in [-0.2, 0) is 0 Å². The smallest absolute Gasteiger partial charge is 0.0376 e. The van der Waals surface area contributed by atoms with Gasteiger partial charge in [0.05, 0.1) is 0 Å². The van der Waals surface area contributed by atoms with Crippen molar-refractivity contribution in [1.29, 1.82) is 0 Å². The first kappa shape index (κ1) is 7.22. The summed E-state index contributed by atoms with van der Waals surface area (Å²) in [5.74, 6) is 0. The zero-order chi connectivity index (χ0) is 6.24. The van der Waals surface area contributed by atoms with Crippen molar-refractivity contribution in [3.05, 3.63) is 37.0 Å². The van der Waals surface area contributed by atoms with Crippen LogP contribution in [-0.4, -0.2) is 0 Å². The maximum absolute atomic E-state index is 3.54. The van der Waals surface area contributed by atoms with Crippen molar-refractivity contribution >= 4 is 0 Å². The van der Waals surface area contributed by atoms with Crippen LogP contribution in [0.1, 0.15) is 13.3 Å². The highest BCUT2D eigenvalue weighted by Gasteiger charge is 1.59. The molecule has 0 aliphatic heterocycles. The van der Waals surface area contributed by atoms with Gasteiger partial charge in [-0.05, 0) is 6.42 Å². The predicted octanol–water partition coefficient (Wildman–Crippen LogP) is 2.69. The molecule has 0 aliphatic carbocycles. The van der Waals surface area contributed by atoms with Gasteiger partial charge < -0.3 is 0 Å². The van der Waals surface area contributed by atoms with Gasteiger partial charge in [-0.3, -0.25) is 0 Å². The summed E-state index contributed by atoms with van der Waals surface area (Å²) in [6, 6.07) is 0. The van der Waals surface area contributed by atoms with Gasteiger partial charge in [0.2, 0.25) is 0 Å². The summed E-state index contributed by atoms with van der Waals surface area (Å²) in [6.07, 6.45) is 10.9. The minimum absolute atomic E-state index is 1.10. The Hall–Kier alpha value is -0.780. The summed E-state index contributed by atoms with van der Waals surface area (Å²) in [7, 11) is 0. The molecule has 0 aliphatic rings. The molecular weight excluding hydrogens is 96.1 g/mol. The van der Waals surface area contributed by atoms with E-state index in [9.17, 15) is 0 Å². The van der Waals surface area contributed by atoms with E-state index in [1.807, 2.05) is 18.2 Å². The van der Waals surface area contributed by atoms with E-state index in [0.717, 1.165) is 6.42 Å². The monoisotopic (exact) mass is 108 g/mol. The van der Waals surface area contributed by atoms with E-state index in [1.54, 1.807) is 6.08 Å². The van der Waals surface area contributed by atoms with Gasteiger partial charge in [0.15, 0.2) is 0 Å². The van der Waals surface area contributed by atoms with Crippen LogP contribution in [0.4, 0.5) is 0 Å². The Kier molecular flexibility index (Phi) is 5.61. The van der Waals surface area contributed by atoms with Crippen LogP contribution < -0.4 is 0 Å². The van der Waals surface area contributed by atoms with Crippen LogP contribution in [0.15, 0.2) is 37.0 Å². The second kappa shape index (κ2) is 6.22. The predicted molar refractivity (Wildman–Crippen MR) is 38.8 cm³/mol. The Morgan fingerprint density at radius 1 is 1.25 bits per heavy atom. The molecule has 0 nitrogen and oxygen atoms in total. The topological polar surface area (TPSA) is 0 Å². The minimum atomic E-state index is 1.10. The van der Waals surface area contributed by atoms with Crippen LogP contribution >= 0.6 is 0 Å². The van der Waals surface area contributed by atoms with Crippen molar-refractivity contribution in [2.45, 2.75) is 13.3 Å². The SMILES string of the molecule is C=C/C=C\C=C\CC. The van der Waals surface area contributed by atoms with Gasteiger partial charge in [-0.2, -0.15) is 0 Å². The summed E-state index contributed by atoms with van der Waals surface area (Å²) in [6.45, 7) is 5.65. The van der Waals surface area contributed by atoms with Gasteiger partial charge in [-0.25, -0.2) is 0 Å². The van der Waals surface area contributed by atoms with Crippen LogP contribution in [0.2, 0.25) is 0 Å². The Morgan fingerprint density at radius 2 is 2.00 bits per heavy atom. The molecule has 0 aromatic rings. The van der Waals surface area contributed by atoms with E-state index >= 15 is 0 Å². The summed E-state index contributed by atoms with van der Waals surface area (Å²) >= 11 is 0. The fourth-order valence-electron chi connectivity index (χ4n) is 0.357. The maximum atomic E-state index is 3.54. The van der Waals surface area contributed by atoms with Gasteiger partial charge in [0, 0.05) is 0 Å². The molecule has 0 rings (SSSR count). The number of rotatable bonds is 3. The molecule has 0 saturated carbocycles. The summed E-state index contributed by atoms with van der Waals surface area (Å²) in [5.41, 5.74) is 0. The third-order valence-corrected chi connectivity index (χ3v) is 0.730. The van der Waals surface area contributed by atoms with Gasteiger partial charge in [-0.15, -0.1) is 0 Å². The van der Waals surface area contributed by atoms with Crippen LogP contribution in [0, 0.1) is 0 Å². The Labute approximate surface area is 51.2 Å². The molecule has 0 atom stereocenters. The largest absolute Gasteiger partial charge is 0.0991 e. The highest BCUT2D eigenvalue weighted by atomic mass is 13.7. The Morgan fingerprint density at radius 3 is 2.50 bits per heavy atom. The highest BCUT2D eigenvalue weighted by Crippen LogP contribution is 1.80. The quantitative estimate of drug-likeness (QED) is 0.487. The number of hydrogen-bond donors (Lipinski definition) is 0. The first-order chi connectivity index (χ1) is 3.91. The first-order valence-electron chi connectivity index (χ1n) is 2.86. The van der Waals surface area contributed by atoms with E-state index in [-0.39, 0.29) is 0 Å². The lowest BCUT2D eigenvalue weighted by atomic mass is 10.4. The molecule has 0 spiro atoms. The van der Waals surface area contributed by atoms with Crippen LogP contribution in [0.3, 0.4) is 0 Å². The van der Waals surface area contributed by atoms with Crippen molar-refractivity contribution in [3.8, 4) is 0 Å². The second-order valence-electron chi connectivity index (χ2n) is 1.46. The molecule has 0 bridgehead atoms. The van der Waals surface area contributed by atoms with E-state index in [0.29, 0.717) is 0 Å². The fourth-order valence-corrected chi connectivity index (χ4v) is 0.357. The first-order valence-corrected chi connectivity index (χ1v) is 2.86. The summed E-state index contributed by atoms with van der Waals surface area (Å²) < 4.78 is 0. The molecule has 0 aromatic heterocycles. The zero-order valence-corrected chi connectivity index (χ0v) is 5.30. The highest BCUT2D eigenvalue weighted by molar-refractivity contribution is 5.08. The summed E-state index contributed by atoms with van der Waals surface area (Å²) in [5, 5.41) is 0. The Balaban J connectivity index is 3.26. The van der Waals surface area contributed by atoms with Gasteiger partial charge in [-0.1, -0.05) is 43.9 Å². The maximum Gasteiger partial charge on any atom is -0.0376 e. The normalized spacial score (nSPS) is 11.1. The molecule has 0 fully saturated rings. The zero-order valence-electron chi connectivity index (χ0n) is 5.30. The lowest BCUT2D eigenvalue weighted by Crippen LogP contribution is -1.49. The average molecular weight is 108 g/mol. The van der Waals surface area contributed by atoms with Crippen molar-refractivity contribution in [3.63, 3.8) is 0 Å². The molecule has 0 radical (unpaired) electrons. The molecule has 0 N–H and O–H groups in total. The van der Waals surface area contributed by atoms with Gasteiger partial charge >= 0.3 is 0 Å². The standard InChI is InChI=1S/C8H12/c1-3-5-7-8-6-4-2/h3,5-8H,1,4H2,2H3/b7-5-,8-6+. The summed E-state index contributed by atoms with van der Waals surface area (Å²) in [4.78, 5) is 0. The molecule has 0 heteroatoms. The molecule has 44 valence electrons. The molecule has 0 saturated heterocycles. The number of allylic oxidation sites excluding steroid dienone is 5. The van der Waals surface area contributed by atoms with Crippen molar-refractivity contribution in [1.82, 2.24) is 0 Å². The molecule has 8 heavy (non-hydrogen) atoms. The molecule has 0 aromatic carbocycles. The van der Waals surface area contributed by atoms with Crippen LogP contribution in [0.25, 0.3) is 0 Å². The fraction of sp³-hybridized carbons (Fsp3) is 0.250. The second-order valence-corrected chi connectivity index (χ2v) is 1.46. The average Bonchev–Trinajstić information content (AvgIpc) is 1.81. The van der Waals surface area contributed by atoms with Gasteiger partial charge in [0.1, 0.15) is 0 Å². The third kappa shape index (κ3) is 5.22. The Bertz CT molecular complexity index is 96.6. The molecular formula is C8H12. The van der Waals surface area contributed by atoms with Crippen molar-refractivity contribution in [2.75, 3.05) is 0 Å². The molecule has 0 unspecified atom stereocenters. The van der Waals surface area contributed by atoms with Crippen molar-refractivity contribution in [2.24, 2.45) is 0 Å². The lowest BCUT2D eigenvalue weighted by Gasteiger charge is -1.71. The molecule has 0 amide bonds. The van der Waals surface area contributed by atoms with E-state index in [1.165, 1.54) is 0 Å².